The number of unbranched alkanes of at least 4 members (excludes halogenated alkanes) is 3. The first-order valence-electron chi connectivity index (χ1n) is 6.33. The summed E-state index contributed by atoms with van der Waals surface area (Å²) in [6, 6.07) is 0. The molecule has 0 spiro atoms. The molecular formula is C12H26N2O. The second-order valence-electron chi connectivity index (χ2n) is 4.76. The number of aliphatic hydroxyl groups is 1. The Labute approximate surface area is 93.9 Å². The van der Waals surface area contributed by atoms with Crippen molar-refractivity contribution in [2.75, 3.05) is 39.8 Å². The second kappa shape index (κ2) is 8.08. The van der Waals surface area contributed by atoms with Gasteiger partial charge in [-0.15, -0.1) is 0 Å². The van der Waals surface area contributed by atoms with Crippen molar-refractivity contribution in [1.82, 2.24) is 10.2 Å². The van der Waals surface area contributed by atoms with Gasteiger partial charge in [0.25, 0.3) is 0 Å². The van der Waals surface area contributed by atoms with Gasteiger partial charge in [0.05, 0.1) is 0 Å². The van der Waals surface area contributed by atoms with Gasteiger partial charge in [0.15, 0.2) is 0 Å². The lowest BCUT2D eigenvalue weighted by Gasteiger charge is -2.11. The molecule has 1 heterocycles. The average molecular weight is 214 g/mol. The van der Waals surface area contributed by atoms with Crippen molar-refractivity contribution < 1.29 is 5.11 Å². The fraction of sp³-hybridized carbons (Fsp3) is 1.00. The van der Waals surface area contributed by atoms with Gasteiger partial charge < -0.3 is 15.3 Å². The lowest BCUT2D eigenvalue weighted by molar-refractivity contribution is 0.282. The Bertz CT molecular complexity index is 153. The van der Waals surface area contributed by atoms with Crippen LogP contribution >= 0.6 is 0 Å². The summed E-state index contributed by atoms with van der Waals surface area (Å²) in [6.07, 6.45) is 5.99. The summed E-state index contributed by atoms with van der Waals surface area (Å²) >= 11 is 0. The summed E-state index contributed by atoms with van der Waals surface area (Å²) in [5, 5.41) is 12.2. The minimum atomic E-state index is 0.349. The van der Waals surface area contributed by atoms with Gasteiger partial charge in [0, 0.05) is 13.2 Å². The molecule has 0 amide bonds. The quantitative estimate of drug-likeness (QED) is 0.594. The summed E-state index contributed by atoms with van der Waals surface area (Å²) in [5.41, 5.74) is 0. The monoisotopic (exact) mass is 214 g/mol. The number of hydrogen-bond acceptors (Lipinski definition) is 3. The molecule has 0 aromatic rings. The molecule has 1 aliphatic heterocycles. The van der Waals surface area contributed by atoms with Gasteiger partial charge in [-0.3, -0.25) is 0 Å². The van der Waals surface area contributed by atoms with Crippen LogP contribution in [0.15, 0.2) is 0 Å². The first-order chi connectivity index (χ1) is 7.33. The van der Waals surface area contributed by atoms with Gasteiger partial charge in [-0.2, -0.15) is 0 Å². The van der Waals surface area contributed by atoms with Gasteiger partial charge in [0.2, 0.25) is 0 Å². The van der Waals surface area contributed by atoms with E-state index in [1.54, 1.807) is 0 Å². The number of rotatable bonds is 8. The highest BCUT2D eigenvalue weighted by Gasteiger charge is 2.18. The van der Waals surface area contributed by atoms with Crippen LogP contribution in [0.25, 0.3) is 0 Å². The molecule has 0 radical (unpaired) electrons. The maximum atomic E-state index is 8.62. The van der Waals surface area contributed by atoms with Crippen molar-refractivity contribution in [2.45, 2.75) is 32.1 Å². The Balaban J connectivity index is 1.81. The molecule has 15 heavy (non-hydrogen) atoms. The van der Waals surface area contributed by atoms with Gasteiger partial charge in [-0.25, -0.2) is 0 Å². The summed E-state index contributed by atoms with van der Waals surface area (Å²) in [5.74, 6) is 0.868. The molecule has 0 aromatic carbocycles. The molecule has 3 heteroatoms. The molecule has 1 fully saturated rings. The number of hydrogen-bond donors (Lipinski definition) is 2. The molecule has 0 bridgehead atoms. The minimum Gasteiger partial charge on any atom is -0.396 e. The maximum Gasteiger partial charge on any atom is 0.0431 e. The fourth-order valence-electron chi connectivity index (χ4n) is 2.21. The van der Waals surface area contributed by atoms with E-state index in [1.165, 1.54) is 45.3 Å². The van der Waals surface area contributed by atoms with Gasteiger partial charge in [-0.05, 0) is 51.9 Å². The summed E-state index contributed by atoms with van der Waals surface area (Å²) in [4.78, 5) is 2.41. The van der Waals surface area contributed by atoms with E-state index in [2.05, 4.69) is 17.3 Å². The lowest BCUT2D eigenvalue weighted by atomic mass is 10.1. The van der Waals surface area contributed by atoms with E-state index < -0.39 is 0 Å². The van der Waals surface area contributed by atoms with Gasteiger partial charge >= 0.3 is 0 Å². The van der Waals surface area contributed by atoms with Crippen molar-refractivity contribution in [3.8, 4) is 0 Å². The Kier molecular flexibility index (Phi) is 6.98. The SMILES string of the molecule is CN1CCC(CNCCCCCCO)C1. The zero-order valence-corrected chi connectivity index (χ0v) is 10.0. The van der Waals surface area contributed by atoms with E-state index in [4.69, 9.17) is 5.11 Å². The first-order valence-corrected chi connectivity index (χ1v) is 6.33. The highest BCUT2D eigenvalue weighted by Crippen LogP contribution is 2.12. The smallest absolute Gasteiger partial charge is 0.0431 e. The van der Waals surface area contributed by atoms with E-state index in [9.17, 15) is 0 Å². The highest BCUT2D eigenvalue weighted by atomic mass is 16.2. The predicted molar refractivity (Wildman–Crippen MR) is 64.0 cm³/mol. The van der Waals surface area contributed by atoms with Crippen LogP contribution in [0.5, 0.6) is 0 Å². The average Bonchev–Trinajstić information content (AvgIpc) is 2.63. The van der Waals surface area contributed by atoms with Crippen molar-refractivity contribution in [3.05, 3.63) is 0 Å². The molecule has 1 aliphatic rings. The van der Waals surface area contributed by atoms with Crippen molar-refractivity contribution in [3.63, 3.8) is 0 Å². The van der Waals surface area contributed by atoms with E-state index in [1.807, 2.05) is 0 Å². The molecule has 0 aliphatic carbocycles. The Morgan fingerprint density at radius 2 is 2.07 bits per heavy atom. The summed E-state index contributed by atoms with van der Waals surface area (Å²) in [6.45, 7) is 5.21. The fourth-order valence-corrected chi connectivity index (χ4v) is 2.21. The molecule has 1 unspecified atom stereocenters. The van der Waals surface area contributed by atoms with Crippen molar-refractivity contribution in [1.29, 1.82) is 0 Å². The van der Waals surface area contributed by atoms with Crippen LogP contribution in [0.1, 0.15) is 32.1 Å². The van der Waals surface area contributed by atoms with Crippen LogP contribution < -0.4 is 5.32 Å². The molecule has 1 rings (SSSR count). The van der Waals surface area contributed by atoms with Crippen LogP contribution in [-0.2, 0) is 0 Å². The number of nitrogens with zero attached hydrogens (tertiary/aromatic N) is 1. The zero-order chi connectivity index (χ0) is 10.9. The van der Waals surface area contributed by atoms with Crippen LogP contribution in [0.2, 0.25) is 0 Å². The Hall–Kier alpha value is -0.120. The van der Waals surface area contributed by atoms with Crippen molar-refractivity contribution >= 4 is 0 Å². The maximum absolute atomic E-state index is 8.62. The third-order valence-electron chi connectivity index (χ3n) is 3.18. The number of likely N-dealkylation sites (tertiary alicyclic amines) is 1. The topological polar surface area (TPSA) is 35.5 Å². The predicted octanol–water partition coefficient (Wildman–Crippen LogP) is 1.08. The normalized spacial score (nSPS) is 22.4. The first kappa shape index (κ1) is 12.9. The molecule has 90 valence electrons. The van der Waals surface area contributed by atoms with Gasteiger partial charge in [0.1, 0.15) is 0 Å². The standard InChI is InChI=1S/C12H26N2O/c1-14-8-6-12(11-14)10-13-7-4-2-3-5-9-15/h12-13,15H,2-11H2,1H3. The van der Waals surface area contributed by atoms with Crippen LogP contribution in [0, 0.1) is 5.92 Å². The summed E-state index contributed by atoms with van der Waals surface area (Å²) < 4.78 is 0. The lowest BCUT2D eigenvalue weighted by Crippen LogP contribution is -2.25. The van der Waals surface area contributed by atoms with Crippen LogP contribution in [0.4, 0.5) is 0 Å². The minimum absolute atomic E-state index is 0.349. The van der Waals surface area contributed by atoms with E-state index >= 15 is 0 Å². The molecule has 1 atom stereocenters. The molecular weight excluding hydrogens is 188 g/mol. The summed E-state index contributed by atoms with van der Waals surface area (Å²) in [7, 11) is 2.20. The largest absolute Gasteiger partial charge is 0.396 e. The molecule has 0 aromatic heterocycles. The second-order valence-corrected chi connectivity index (χ2v) is 4.76. The zero-order valence-electron chi connectivity index (χ0n) is 10.0. The molecule has 2 N–H and O–H groups in total. The third-order valence-corrected chi connectivity index (χ3v) is 3.18. The van der Waals surface area contributed by atoms with Gasteiger partial charge in [-0.1, -0.05) is 12.8 Å². The molecule has 3 nitrogen and oxygen atoms in total. The van der Waals surface area contributed by atoms with Crippen molar-refractivity contribution in [2.24, 2.45) is 5.92 Å². The van der Waals surface area contributed by atoms with Crippen LogP contribution in [-0.4, -0.2) is 49.8 Å². The van der Waals surface area contributed by atoms with E-state index in [-0.39, 0.29) is 0 Å². The number of nitrogens with one attached hydrogen (secondary N) is 1. The Morgan fingerprint density at radius 1 is 1.27 bits per heavy atom. The highest BCUT2D eigenvalue weighted by molar-refractivity contribution is 4.74. The molecule has 1 saturated heterocycles. The van der Waals surface area contributed by atoms with E-state index in [0.29, 0.717) is 6.61 Å². The Morgan fingerprint density at radius 3 is 2.73 bits per heavy atom. The number of aliphatic hydroxyl groups excluding tert-OH is 1. The van der Waals surface area contributed by atoms with E-state index in [0.717, 1.165) is 18.9 Å². The molecule has 0 saturated carbocycles. The van der Waals surface area contributed by atoms with Crippen LogP contribution in [0.3, 0.4) is 0 Å². The third kappa shape index (κ3) is 6.13.